The molecule has 1 aliphatic heterocycles. The molecule has 3 rings (SSSR count). The molecule has 4 heteroatoms. The third kappa shape index (κ3) is 2.80. The van der Waals surface area contributed by atoms with E-state index in [0.29, 0.717) is 5.84 Å². The molecule has 104 valence electrons. The molecular formula is C16H20N4. The van der Waals surface area contributed by atoms with E-state index in [0.717, 1.165) is 38.0 Å². The zero-order chi connectivity index (χ0) is 13.9. The molecule has 0 bridgehead atoms. The Balaban J connectivity index is 1.74. The molecule has 1 saturated heterocycles. The van der Waals surface area contributed by atoms with Gasteiger partial charge in [-0.15, -0.1) is 0 Å². The topological polar surface area (TPSA) is 66.0 Å². The van der Waals surface area contributed by atoms with Crippen LogP contribution in [0.25, 0.3) is 10.9 Å². The van der Waals surface area contributed by atoms with E-state index in [-0.39, 0.29) is 5.92 Å². The number of hydrogen-bond acceptors (Lipinski definition) is 3. The normalized spacial score (nSPS) is 20.1. The molecule has 1 fully saturated rings. The fraction of sp³-hybridized carbons (Fsp3) is 0.375. The molecule has 0 amide bonds. The van der Waals surface area contributed by atoms with Crippen LogP contribution in [-0.2, 0) is 6.54 Å². The van der Waals surface area contributed by atoms with Crippen molar-refractivity contribution in [3.8, 4) is 0 Å². The number of fused-ring (bicyclic) bond motifs is 1. The largest absolute Gasteiger partial charge is 0.387 e. The molecule has 1 atom stereocenters. The highest BCUT2D eigenvalue weighted by molar-refractivity contribution is 5.80. The first-order valence-corrected chi connectivity index (χ1v) is 7.12. The second-order valence-electron chi connectivity index (χ2n) is 5.56. The lowest BCUT2D eigenvalue weighted by Crippen LogP contribution is -2.40. The van der Waals surface area contributed by atoms with Crippen LogP contribution in [0.3, 0.4) is 0 Å². The van der Waals surface area contributed by atoms with Gasteiger partial charge in [-0.3, -0.25) is 15.3 Å². The molecule has 20 heavy (non-hydrogen) atoms. The molecular weight excluding hydrogens is 248 g/mol. The minimum atomic E-state index is 0.228. The number of nitrogens with one attached hydrogen (secondary N) is 1. The van der Waals surface area contributed by atoms with Gasteiger partial charge in [0.15, 0.2) is 0 Å². The average Bonchev–Trinajstić information content (AvgIpc) is 2.47. The maximum atomic E-state index is 7.61. The first kappa shape index (κ1) is 13.1. The molecule has 1 aromatic heterocycles. The minimum absolute atomic E-state index is 0.228. The molecule has 0 saturated carbocycles. The van der Waals surface area contributed by atoms with E-state index in [1.165, 1.54) is 10.9 Å². The molecule has 0 spiro atoms. The number of likely N-dealkylation sites (tertiary alicyclic amines) is 1. The predicted octanol–water partition coefficient (Wildman–Crippen LogP) is 2.38. The molecule has 1 aliphatic rings. The van der Waals surface area contributed by atoms with Crippen molar-refractivity contribution in [1.82, 2.24) is 9.88 Å². The first-order valence-electron chi connectivity index (χ1n) is 7.12. The van der Waals surface area contributed by atoms with Crippen molar-refractivity contribution in [3.63, 3.8) is 0 Å². The molecule has 2 heterocycles. The van der Waals surface area contributed by atoms with Gasteiger partial charge in [-0.25, -0.2) is 0 Å². The van der Waals surface area contributed by atoms with Gasteiger partial charge in [-0.2, -0.15) is 0 Å². The Morgan fingerprint density at radius 3 is 3.15 bits per heavy atom. The zero-order valence-electron chi connectivity index (χ0n) is 11.5. The van der Waals surface area contributed by atoms with Gasteiger partial charge in [0.2, 0.25) is 0 Å². The van der Waals surface area contributed by atoms with Gasteiger partial charge in [0.05, 0.1) is 11.4 Å². The van der Waals surface area contributed by atoms with E-state index in [1.54, 1.807) is 0 Å². The van der Waals surface area contributed by atoms with E-state index in [2.05, 4.69) is 34.1 Å². The van der Waals surface area contributed by atoms with Crippen molar-refractivity contribution in [1.29, 1.82) is 5.41 Å². The quantitative estimate of drug-likeness (QED) is 0.663. The van der Waals surface area contributed by atoms with Crippen molar-refractivity contribution >= 4 is 16.7 Å². The first-order chi connectivity index (χ1) is 9.72. The number of piperidine rings is 1. The minimum Gasteiger partial charge on any atom is -0.387 e. The Morgan fingerprint density at radius 1 is 1.40 bits per heavy atom. The van der Waals surface area contributed by atoms with Crippen LogP contribution in [-0.4, -0.2) is 28.8 Å². The highest BCUT2D eigenvalue weighted by Gasteiger charge is 2.21. The van der Waals surface area contributed by atoms with Gasteiger partial charge in [0.1, 0.15) is 0 Å². The summed E-state index contributed by atoms with van der Waals surface area (Å²) in [5, 5.41) is 8.79. The fourth-order valence-corrected chi connectivity index (χ4v) is 2.93. The molecule has 3 N–H and O–H groups in total. The smallest absolute Gasteiger partial charge is 0.0949 e. The summed E-state index contributed by atoms with van der Waals surface area (Å²) in [5.41, 5.74) is 7.98. The second kappa shape index (κ2) is 5.59. The Morgan fingerprint density at radius 2 is 2.30 bits per heavy atom. The summed E-state index contributed by atoms with van der Waals surface area (Å²) >= 11 is 0. The van der Waals surface area contributed by atoms with Crippen LogP contribution >= 0.6 is 0 Å². The number of nitrogens with zero attached hydrogens (tertiary/aromatic N) is 2. The number of benzene rings is 1. The fourth-order valence-electron chi connectivity index (χ4n) is 2.93. The van der Waals surface area contributed by atoms with E-state index < -0.39 is 0 Å². The van der Waals surface area contributed by atoms with Crippen LogP contribution in [0, 0.1) is 11.3 Å². The zero-order valence-corrected chi connectivity index (χ0v) is 11.5. The molecule has 0 radical (unpaired) electrons. The summed E-state index contributed by atoms with van der Waals surface area (Å²) in [6, 6.07) is 10.5. The lowest BCUT2D eigenvalue weighted by Gasteiger charge is -2.32. The van der Waals surface area contributed by atoms with Crippen LogP contribution in [0.5, 0.6) is 0 Å². The van der Waals surface area contributed by atoms with E-state index in [1.807, 2.05) is 12.3 Å². The average molecular weight is 268 g/mol. The molecule has 1 unspecified atom stereocenters. The standard InChI is InChI=1S/C16H20N4/c17-16(18)14-4-2-8-20(11-14)10-12-5-6-15-13(9-12)3-1-7-19-15/h1,3,5-7,9,14H,2,4,8,10-11H2,(H3,17,18). The summed E-state index contributed by atoms with van der Waals surface area (Å²) < 4.78 is 0. The Kier molecular flexibility index (Phi) is 3.65. The lowest BCUT2D eigenvalue weighted by molar-refractivity contribution is 0.196. The van der Waals surface area contributed by atoms with Gasteiger partial charge < -0.3 is 5.73 Å². The van der Waals surface area contributed by atoms with Crippen molar-refractivity contribution in [2.75, 3.05) is 13.1 Å². The second-order valence-corrected chi connectivity index (χ2v) is 5.56. The highest BCUT2D eigenvalue weighted by atomic mass is 15.1. The number of nitrogens with two attached hydrogens (primary N) is 1. The molecule has 4 nitrogen and oxygen atoms in total. The van der Waals surface area contributed by atoms with Gasteiger partial charge >= 0.3 is 0 Å². The van der Waals surface area contributed by atoms with E-state index >= 15 is 0 Å². The Labute approximate surface area is 119 Å². The van der Waals surface area contributed by atoms with Crippen LogP contribution < -0.4 is 5.73 Å². The van der Waals surface area contributed by atoms with Gasteiger partial charge in [-0.1, -0.05) is 12.1 Å². The van der Waals surface area contributed by atoms with Crippen LogP contribution in [0.4, 0.5) is 0 Å². The van der Waals surface area contributed by atoms with Gasteiger partial charge in [0, 0.05) is 30.6 Å². The van der Waals surface area contributed by atoms with Gasteiger partial charge in [-0.05, 0) is 43.1 Å². The molecule has 2 aromatic rings. The highest BCUT2D eigenvalue weighted by Crippen LogP contribution is 2.20. The third-order valence-corrected chi connectivity index (χ3v) is 4.02. The number of hydrogen-bond donors (Lipinski definition) is 2. The number of rotatable bonds is 3. The van der Waals surface area contributed by atoms with E-state index in [9.17, 15) is 0 Å². The van der Waals surface area contributed by atoms with Crippen LogP contribution in [0.2, 0.25) is 0 Å². The summed E-state index contributed by atoms with van der Waals surface area (Å²) in [6.07, 6.45) is 4.00. The number of amidine groups is 1. The van der Waals surface area contributed by atoms with Crippen LogP contribution in [0.1, 0.15) is 18.4 Å². The number of aromatic nitrogens is 1. The van der Waals surface area contributed by atoms with Crippen molar-refractivity contribution in [2.45, 2.75) is 19.4 Å². The summed E-state index contributed by atoms with van der Waals surface area (Å²) in [4.78, 5) is 6.74. The van der Waals surface area contributed by atoms with E-state index in [4.69, 9.17) is 11.1 Å². The Hall–Kier alpha value is -1.94. The maximum absolute atomic E-state index is 7.61. The maximum Gasteiger partial charge on any atom is 0.0949 e. The lowest BCUT2D eigenvalue weighted by atomic mass is 9.96. The third-order valence-electron chi connectivity index (χ3n) is 4.02. The summed E-state index contributed by atoms with van der Waals surface area (Å²) in [7, 11) is 0. The van der Waals surface area contributed by atoms with Crippen molar-refractivity contribution in [2.24, 2.45) is 11.7 Å². The summed E-state index contributed by atoms with van der Waals surface area (Å²) in [5.74, 6) is 0.559. The summed E-state index contributed by atoms with van der Waals surface area (Å²) in [6.45, 7) is 2.92. The van der Waals surface area contributed by atoms with Crippen molar-refractivity contribution < 1.29 is 0 Å². The molecule has 1 aromatic carbocycles. The van der Waals surface area contributed by atoms with Gasteiger partial charge in [0.25, 0.3) is 0 Å². The van der Waals surface area contributed by atoms with Crippen molar-refractivity contribution in [3.05, 3.63) is 42.1 Å². The monoisotopic (exact) mass is 268 g/mol. The Bertz CT molecular complexity index is 623. The molecule has 0 aliphatic carbocycles. The number of pyridine rings is 1. The SMILES string of the molecule is N=C(N)C1CCCN(Cc2ccc3ncccc3c2)C1. The predicted molar refractivity (Wildman–Crippen MR) is 81.7 cm³/mol. The van der Waals surface area contributed by atoms with Crippen LogP contribution in [0.15, 0.2) is 36.5 Å².